The lowest BCUT2D eigenvalue weighted by atomic mass is 9.99. The topological polar surface area (TPSA) is 89.5 Å². The van der Waals surface area contributed by atoms with Crippen LogP contribution >= 0.6 is 11.6 Å². The molecule has 1 aliphatic heterocycles. The molecule has 38 heavy (non-hydrogen) atoms. The van der Waals surface area contributed by atoms with Crippen molar-refractivity contribution < 1.29 is 19.1 Å². The quantitative estimate of drug-likeness (QED) is 0.323. The number of ketones is 2. The number of nitrogens with zero attached hydrogens (tertiary/aromatic N) is 3. The van der Waals surface area contributed by atoms with Crippen LogP contribution in [0, 0.1) is 0 Å². The van der Waals surface area contributed by atoms with Crippen LogP contribution in [0.5, 0.6) is 5.75 Å². The average Bonchev–Trinajstić information content (AvgIpc) is 3.03. The van der Waals surface area contributed by atoms with E-state index in [9.17, 15) is 14.4 Å². The van der Waals surface area contributed by atoms with Gasteiger partial charge in [-0.05, 0) is 65.7 Å². The van der Waals surface area contributed by atoms with E-state index in [0.717, 1.165) is 0 Å². The second kappa shape index (κ2) is 10.9. The van der Waals surface area contributed by atoms with Crippen LogP contribution in [0.25, 0.3) is 0 Å². The highest BCUT2D eigenvalue weighted by Crippen LogP contribution is 2.29. The summed E-state index contributed by atoms with van der Waals surface area (Å²) in [5, 5.41) is 0.469. The first-order valence-corrected chi connectivity index (χ1v) is 12.5. The lowest BCUT2D eigenvalue weighted by molar-refractivity contribution is -0.122. The van der Waals surface area contributed by atoms with Crippen molar-refractivity contribution in [3.8, 4) is 5.75 Å². The lowest BCUT2D eigenvalue weighted by Crippen LogP contribution is -2.45. The van der Waals surface area contributed by atoms with E-state index < -0.39 is 6.04 Å². The number of rotatable bonds is 7. The van der Waals surface area contributed by atoms with E-state index in [1.165, 1.54) is 7.11 Å². The van der Waals surface area contributed by atoms with Gasteiger partial charge in [-0.2, -0.15) is 0 Å². The maximum absolute atomic E-state index is 13.8. The summed E-state index contributed by atoms with van der Waals surface area (Å²) in [4.78, 5) is 50.5. The SMILES string of the molecule is COc1cc(CN2C(=O)c3ccc(Cl)cc3CC(=O)[C@H]2Cc2ccccn2)ccc1C(=O)c1ccccn1. The summed E-state index contributed by atoms with van der Waals surface area (Å²) < 4.78 is 5.54. The Morgan fingerprint density at radius 3 is 2.50 bits per heavy atom. The molecule has 8 heteroatoms. The predicted octanol–water partition coefficient (Wildman–Crippen LogP) is 4.75. The monoisotopic (exact) mass is 525 g/mol. The van der Waals surface area contributed by atoms with Gasteiger partial charge in [0, 0.05) is 48.1 Å². The van der Waals surface area contributed by atoms with Crippen molar-refractivity contribution in [3.63, 3.8) is 0 Å². The van der Waals surface area contributed by atoms with Crippen LogP contribution < -0.4 is 4.74 Å². The second-order valence-corrected chi connectivity index (χ2v) is 9.43. The van der Waals surface area contributed by atoms with Crippen LogP contribution in [0.2, 0.25) is 5.02 Å². The van der Waals surface area contributed by atoms with Gasteiger partial charge >= 0.3 is 0 Å². The van der Waals surface area contributed by atoms with Crippen molar-refractivity contribution in [1.29, 1.82) is 0 Å². The number of hydrogen-bond donors (Lipinski definition) is 0. The van der Waals surface area contributed by atoms with Gasteiger partial charge in [0.05, 0.1) is 18.7 Å². The first-order chi connectivity index (χ1) is 18.4. The molecule has 5 rings (SSSR count). The minimum atomic E-state index is -0.732. The molecule has 0 fully saturated rings. The van der Waals surface area contributed by atoms with Crippen molar-refractivity contribution in [2.75, 3.05) is 7.11 Å². The Balaban J connectivity index is 1.51. The molecular weight excluding hydrogens is 502 g/mol. The molecule has 2 aromatic carbocycles. The number of amides is 1. The number of benzene rings is 2. The zero-order valence-corrected chi connectivity index (χ0v) is 21.4. The van der Waals surface area contributed by atoms with Gasteiger partial charge in [-0.1, -0.05) is 29.8 Å². The number of Topliss-reactive ketones (excluding diaryl/α,β-unsaturated/α-hetero) is 1. The maximum atomic E-state index is 13.8. The third kappa shape index (κ3) is 5.19. The van der Waals surface area contributed by atoms with E-state index >= 15 is 0 Å². The van der Waals surface area contributed by atoms with Crippen molar-refractivity contribution in [1.82, 2.24) is 14.9 Å². The molecule has 0 N–H and O–H groups in total. The Labute approximate surface area is 225 Å². The van der Waals surface area contributed by atoms with Crippen molar-refractivity contribution >= 4 is 29.1 Å². The van der Waals surface area contributed by atoms with Crippen LogP contribution in [-0.2, 0) is 24.2 Å². The first-order valence-electron chi connectivity index (χ1n) is 12.1. The van der Waals surface area contributed by atoms with E-state index in [-0.39, 0.29) is 36.9 Å². The summed E-state index contributed by atoms with van der Waals surface area (Å²) in [6.45, 7) is 0.137. The molecule has 1 aliphatic rings. The van der Waals surface area contributed by atoms with Crippen LogP contribution in [0.15, 0.2) is 85.2 Å². The van der Waals surface area contributed by atoms with Gasteiger partial charge in [0.1, 0.15) is 11.4 Å². The van der Waals surface area contributed by atoms with E-state index in [4.69, 9.17) is 16.3 Å². The Bertz CT molecular complexity index is 1510. The fourth-order valence-corrected chi connectivity index (χ4v) is 4.86. The zero-order chi connectivity index (χ0) is 26.6. The summed E-state index contributed by atoms with van der Waals surface area (Å²) in [5.41, 5.74) is 3.14. The van der Waals surface area contributed by atoms with Crippen molar-refractivity contribution in [2.45, 2.75) is 25.4 Å². The first kappa shape index (κ1) is 25.3. The van der Waals surface area contributed by atoms with Crippen LogP contribution in [0.1, 0.15) is 43.2 Å². The molecule has 7 nitrogen and oxygen atoms in total. The number of aromatic nitrogens is 2. The molecule has 1 amide bonds. The standard InChI is InChI=1S/C30H24ClN3O4/c1-38-28-14-19(8-10-24(28)29(36)25-7-3-5-13-33-25)18-34-26(17-22-6-2-4-12-32-22)27(35)16-20-15-21(31)9-11-23(20)30(34)37/h2-15,26H,16-18H2,1H3/t26-/m1/s1. The molecular formula is C30H24ClN3O4. The Morgan fingerprint density at radius 2 is 1.79 bits per heavy atom. The highest BCUT2D eigenvalue weighted by molar-refractivity contribution is 6.30. The van der Waals surface area contributed by atoms with Crippen molar-refractivity contribution in [3.05, 3.63) is 124 Å². The maximum Gasteiger partial charge on any atom is 0.255 e. The van der Waals surface area contributed by atoms with Crippen molar-refractivity contribution in [2.24, 2.45) is 0 Å². The minimum absolute atomic E-state index is 0.0937. The molecule has 0 bridgehead atoms. The van der Waals surface area contributed by atoms with Crippen LogP contribution in [-0.4, -0.2) is 45.5 Å². The smallest absolute Gasteiger partial charge is 0.255 e. The van der Waals surface area contributed by atoms with Crippen LogP contribution in [0.3, 0.4) is 0 Å². The number of methoxy groups -OCH3 is 1. The number of ether oxygens (including phenoxy) is 1. The number of hydrogen-bond acceptors (Lipinski definition) is 6. The predicted molar refractivity (Wildman–Crippen MR) is 142 cm³/mol. The third-order valence-corrected chi connectivity index (χ3v) is 6.80. The highest BCUT2D eigenvalue weighted by Gasteiger charge is 2.36. The van der Waals surface area contributed by atoms with E-state index in [2.05, 4.69) is 9.97 Å². The van der Waals surface area contributed by atoms with Gasteiger partial charge in [-0.25, -0.2) is 0 Å². The van der Waals surface area contributed by atoms with E-state index in [0.29, 0.717) is 44.4 Å². The summed E-state index contributed by atoms with van der Waals surface area (Å²) in [6, 6.07) is 20.0. The molecule has 0 spiro atoms. The number of halogens is 1. The molecule has 0 unspecified atom stereocenters. The van der Waals surface area contributed by atoms with E-state index in [1.807, 2.05) is 12.1 Å². The fourth-order valence-electron chi connectivity index (χ4n) is 4.67. The number of fused-ring (bicyclic) bond motifs is 1. The molecule has 3 heterocycles. The zero-order valence-electron chi connectivity index (χ0n) is 20.6. The van der Waals surface area contributed by atoms with E-state index in [1.54, 1.807) is 78.0 Å². The average molecular weight is 526 g/mol. The normalized spacial score (nSPS) is 15.1. The molecule has 2 aromatic heterocycles. The molecule has 0 saturated carbocycles. The fraction of sp³-hybridized carbons (Fsp3) is 0.167. The second-order valence-electron chi connectivity index (χ2n) is 9.00. The molecule has 0 radical (unpaired) electrons. The van der Waals surface area contributed by atoms with Gasteiger partial charge in [0.15, 0.2) is 5.78 Å². The Morgan fingerprint density at radius 1 is 1.00 bits per heavy atom. The molecule has 0 aliphatic carbocycles. The molecule has 4 aromatic rings. The number of carbonyl (C=O) groups excluding carboxylic acids is 3. The number of pyridine rings is 2. The summed E-state index contributed by atoms with van der Waals surface area (Å²) in [5.74, 6) is -0.274. The largest absolute Gasteiger partial charge is 0.496 e. The number of carbonyl (C=O) groups is 3. The summed E-state index contributed by atoms with van der Waals surface area (Å²) >= 11 is 6.18. The highest BCUT2D eigenvalue weighted by atomic mass is 35.5. The summed E-state index contributed by atoms with van der Waals surface area (Å²) in [6.07, 6.45) is 3.60. The minimum Gasteiger partial charge on any atom is -0.496 e. The summed E-state index contributed by atoms with van der Waals surface area (Å²) in [7, 11) is 1.48. The third-order valence-electron chi connectivity index (χ3n) is 6.56. The van der Waals surface area contributed by atoms with Gasteiger partial charge < -0.3 is 9.64 Å². The van der Waals surface area contributed by atoms with Crippen LogP contribution in [0.4, 0.5) is 0 Å². The Hall–Kier alpha value is -4.36. The Kier molecular flexibility index (Phi) is 7.29. The molecule has 0 saturated heterocycles. The van der Waals surface area contributed by atoms with Gasteiger partial charge in [0.25, 0.3) is 5.91 Å². The lowest BCUT2D eigenvalue weighted by Gasteiger charge is -2.29. The van der Waals surface area contributed by atoms with Gasteiger partial charge in [-0.15, -0.1) is 0 Å². The molecule has 1 atom stereocenters. The molecule has 190 valence electrons. The van der Waals surface area contributed by atoms with Gasteiger partial charge in [-0.3, -0.25) is 24.4 Å². The van der Waals surface area contributed by atoms with Gasteiger partial charge in [0.2, 0.25) is 5.78 Å².